The lowest BCUT2D eigenvalue weighted by molar-refractivity contribution is 0.104. The fourth-order valence-electron chi connectivity index (χ4n) is 4.82. The Morgan fingerprint density at radius 2 is 1.91 bits per heavy atom. The monoisotopic (exact) mass is 632 g/mol. The van der Waals surface area contributed by atoms with Gasteiger partial charge >= 0.3 is 6.03 Å². The van der Waals surface area contributed by atoms with E-state index in [9.17, 15) is 9.59 Å². The third-order valence-electron chi connectivity index (χ3n) is 7.03. The molecule has 0 unspecified atom stereocenters. The number of rotatable bonds is 11. The van der Waals surface area contributed by atoms with Crippen molar-refractivity contribution in [1.29, 1.82) is 0 Å². The second-order valence-electron chi connectivity index (χ2n) is 10.3. The summed E-state index contributed by atoms with van der Waals surface area (Å²) in [6.45, 7) is 2.65. The molecule has 234 valence electrons. The molecule has 3 N–H and O–H groups in total. The number of nitrogen functional groups attached to an aromatic ring is 1. The second kappa shape index (κ2) is 13.7. The molecule has 1 amide bonds. The van der Waals surface area contributed by atoms with E-state index < -0.39 is 6.03 Å². The molecule has 0 aliphatic rings. The van der Waals surface area contributed by atoms with Gasteiger partial charge in [0, 0.05) is 49.9 Å². The van der Waals surface area contributed by atoms with E-state index in [-0.39, 0.29) is 35.7 Å². The van der Waals surface area contributed by atoms with Gasteiger partial charge in [0.05, 0.1) is 50.5 Å². The molecule has 1 atom stereocenters. The van der Waals surface area contributed by atoms with Gasteiger partial charge in [0.1, 0.15) is 28.5 Å². The number of nitrogens with zero attached hydrogens (tertiary/aromatic N) is 6. The van der Waals surface area contributed by atoms with E-state index in [1.165, 1.54) is 15.5 Å². The number of nitrogens with one attached hydrogen (secondary N) is 1. The van der Waals surface area contributed by atoms with E-state index in [2.05, 4.69) is 20.3 Å². The summed E-state index contributed by atoms with van der Waals surface area (Å²) in [5, 5.41) is 3.11. The number of hydrogen-bond acceptors (Lipinski definition) is 10. The number of anilines is 2. The van der Waals surface area contributed by atoms with Crippen LogP contribution in [0.25, 0.3) is 16.9 Å². The first-order valence-corrected chi connectivity index (χ1v) is 14.3. The Hall–Kier alpha value is -5.14. The Labute approximate surface area is 264 Å². The largest absolute Gasteiger partial charge is 0.497 e. The van der Waals surface area contributed by atoms with E-state index in [0.717, 1.165) is 5.56 Å². The summed E-state index contributed by atoms with van der Waals surface area (Å²) in [4.78, 5) is 40.6. The van der Waals surface area contributed by atoms with Gasteiger partial charge in [-0.15, -0.1) is 0 Å². The quantitative estimate of drug-likeness (QED) is 0.204. The molecule has 0 saturated carbocycles. The molecular weight excluding hydrogens is 600 g/mol. The zero-order valence-electron chi connectivity index (χ0n) is 25.2. The van der Waals surface area contributed by atoms with Gasteiger partial charge in [-0.1, -0.05) is 11.6 Å². The van der Waals surface area contributed by atoms with Crippen LogP contribution in [0.5, 0.6) is 11.5 Å². The van der Waals surface area contributed by atoms with Crippen LogP contribution < -0.4 is 31.0 Å². The highest BCUT2D eigenvalue weighted by Crippen LogP contribution is 2.31. The van der Waals surface area contributed by atoms with E-state index in [0.29, 0.717) is 46.1 Å². The second-order valence-corrected chi connectivity index (χ2v) is 10.7. The van der Waals surface area contributed by atoms with E-state index in [4.69, 9.17) is 31.5 Å². The summed E-state index contributed by atoms with van der Waals surface area (Å²) in [5.41, 5.74) is 9.50. The molecule has 0 radical (unpaired) electrons. The number of hydrogen-bond donors (Lipinski definition) is 2. The van der Waals surface area contributed by atoms with Gasteiger partial charge in [-0.2, -0.15) is 0 Å². The predicted molar refractivity (Wildman–Crippen MR) is 171 cm³/mol. The highest BCUT2D eigenvalue weighted by Gasteiger charge is 2.20. The summed E-state index contributed by atoms with van der Waals surface area (Å²) in [6.07, 6.45) is 6.27. The normalized spacial score (nSPS) is 11.8. The van der Waals surface area contributed by atoms with Crippen LogP contribution in [0.4, 0.5) is 16.2 Å². The van der Waals surface area contributed by atoms with Crippen molar-refractivity contribution < 1.29 is 19.0 Å². The van der Waals surface area contributed by atoms with Crippen LogP contribution in [0.2, 0.25) is 5.15 Å². The molecule has 0 spiro atoms. The highest BCUT2D eigenvalue weighted by molar-refractivity contribution is 6.30. The number of methoxy groups -OCH3 is 2. The van der Waals surface area contributed by atoms with Crippen molar-refractivity contribution in [3.8, 4) is 17.2 Å². The van der Waals surface area contributed by atoms with Crippen molar-refractivity contribution in [1.82, 2.24) is 29.4 Å². The Morgan fingerprint density at radius 1 is 1.13 bits per heavy atom. The number of aromatic nitrogens is 5. The van der Waals surface area contributed by atoms with Gasteiger partial charge in [0.15, 0.2) is 5.65 Å². The van der Waals surface area contributed by atoms with Crippen molar-refractivity contribution >= 4 is 40.2 Å². The number of nitrogens with two attached hydrogens (primary N) is 1. The van der Waals surface area contributed by atoms with Crippen LogP contribution in [-0.4, -0.2) is 64.0 Å². The minimum atomic E-state index is -0.440. The number of pyridine rings is 3. The highest BCUT2D eigenvalue weighted by atomic mass is 35.5. The molecule has 14 heteroatoms. The number of carbonyl (C=O) groups excluding carboxylic acids is 1. The van der Waals surface area contributed by atoms with Crippen LogP contribution >= 0.6 is 11.6 Å². The van der Waals surface area contributed by atoms with Gasteiger partial charge in [-0.05, 0) is 42.8 Å². The summed E-state index contributed by atoms with van der Waals surface area (Å²) >= 11 is 6.40. The molecule has 13 nitrogen and oxygen atoms in total. The molecule has 1 aromatic carbocycles. The Kier molecular flexibility index (Phi) is 9.50. The Balaban J connectivity index is 1.25. The van der Waals surface area contributed by atoms with Crippen LogP contribution in [-0.2, 0) is 17.9 Å². The fraction of sp³-hybridized carbons (Fsp3) is 0.258. The van der Waals surface area contributed by atoms with Crippen LogP contribution in [0.3, 0.4) is 0 Å². The summed E-state index contributed by atoms with van der Waals surface area (Å²) < 4.78 is 19.5. The number of imidazole rings is 1. The lowest BCUT2D eigenvalue weighted by Gasteiger charge is -2.21. The van der Waals surface area contributed by atoms with Crippen molar-refractivity contribution in [2.45, 2.75) is 26.1 Å². The first-order valence-electron chi connectivity index (χ1n) is 13.9. The molecule has 5 rings (SSSR count). The van der Waals surface area contributed by atoms with E-state index in [1.807, 2.05) is 37.1 Å². The van der Waals surface area contributed by atoms with Crippen LogP contribution in [0.15, 0.2) is 72.2 Å². The van der Waals surface area contributed by atoms with Crippen LogP contribution in [0.1, 0.15) is 18.1 Å². The van der Waals surface area contributed by atoms with Crippen molar-refractivity contribution in [2.24, 2.45) is 0 Å². The molecule has 4 heterocycles. The number of carbonyl (C=O) groups is 1. The number of halogens is 1. The maximum atomic E-state index is 13.2. The molecule has 0 bridgehead atoms. The summed E-state index contributed by atoms with van der Waals surface area (Å²) in [7, 11) is 5.10. The standard InChI is InChI=1S/C31H33ClN8O5/c1-19(16-45-17-20-11-24(33)30(41)39(14-20)22-7-9-34-10-8-22)36-31(42)40-18-35-28-25(13-27(32)37-29(28)40)38(2)15-21-5-6-23(43-3)12-26(21)44-4/h5-14,18-19H,15-17,33H2,1-4H3,(H,36,42)/t19-/m1/s1. The minimum absolute atomic E-state index is 0.0977. The molecule has 0 aliphatic heterocycles. The maximum absolute atomic E-state index is 13.2. The van der Waals surface area contributed by atoms with Crippen molar-refractivity contribution in [3.63, 3.8) is 0 Å². The average molecular weight is 633 g/mol. The zero-order valence-corrected chi connectivity index (χ0v) is 26.0. The number of fused-ring (bicyclic) bond motifs is 1. The third-order valence-corrected chi connectivity index (χ3v) is 7.23. The molecule has 4 aromatic heterocycles. The number of benzene rings is 1. The average Bonchev–Trinajstić information content (AvgIpc) is 3.46. The molecule has 5 aromatic rings. The van der Waals surface area contributed by atoms with Gasteiger partial charge in [0.25, 0.3) is 5.56 Å². The van der Waals surface area contributed by atoms with Gasteiger partial charge in [-0.25, -0.2) is 19.3 Å². The first-order chi connectivity index (χ1) is 21.7. The SMILES string of the molecule is COc1ccc(CN(C)c2cc(Cl)nc3c2ncn3C(=O)N[C@H](C)COCc2cc(N)c(=O)n(-c3ccncc3)c2)c(OC)c1. The first kappa shape index (κ1) is 31.3. The molecule has 0 aliphatic carbocycles. The van der Waals surface area contributed by atoms with Gasteiger partial charge < -0.3 is 30.2 Å². The Bertz CT molecular complexity index is 1880. The minimum Gasteiger partial charge on any atom is -0.497 e. The lowest BCUT2D eigenvalue weighted by atomic mass is 10.1. The molecule has 0 saturated heterocycles. The van der Waals surface area contributed by atoms with E-state index >= 15 is 0 Å². The Morgan fingerprint density at radius 3 is 2.64 bits per heavy atom. The van der Waals surface area contributed by atoms with Gasteiger partial charge in [0.2, 0.25) is 0 Å². The summed E-state index contributed by atoms with van der Waals surface area (Å²) in [6, 6.07) is 11.5. The zero-order chi connectivity index (χ0) is 32.1. The molecular formula is C31H33ClN8O5. The smallest absolute Gasteiger partial charge is 0.328 e. The third kappa shape index (κ3) is 7.00. The fourth-order valence-corrected chi connectivity index (χ4v) is 5.00. The van der Waals surface area contributed by atoms with Crippen molar-refractivity contribution in [2.75, 3.05) is 38.5 Å². The number of amides is 1. The van der Waals surface area contributed by atoms with E-state index in [1.54, 1.807) is 57.1 Å². The topological polar surface area (TPSA) is 152 Å². The van der Waals surface area contributed by atoms with Crippen molar-refractivity contribution in [3.05, 3.63) is 94.0 Å². The van der Waals surface area contributed by atoms with Gasteiger partial charge in [-0.3, -0.25) is 14.3 Å². The molecule has 45 heavy (non-hydrogen) atoms. The van der Waals surface area contributed by atoms with Crippen LogP contribution in [0, 0.1) is 0 Å². The molecule has 0 fully saturated rings. The summed E-state index contributed by atoms with van der Waals surface area (Å²) in [5.74, 6) is 1.37. The predicted octanol–water partition coefficient (Wildman–Crippen LogP) is 4.03. The number of ether oxygens (including phenoxy) is 3. The lowest BCUT2D eigenvalue weighted by Crippen LogP contribution is -2.38. The maximum Gasteiger partial charge on any atom is 0.328 e.